The molecule has 0 aliphatic heterocycles. The molecule has 3 N–H and O–H groups in total. The van der Waals surface area contributed by atoms with Crippen LogP contribution in [-0.2, 0) is 6.54 Å². The smallest absolute Gasteiger partial charge is 0.343 e. The van der Waals surface area contributed by atoms with Gasteiger partial charge in [-0.3, -0.25) is 9.55 Å². The van der Waals surface area contributed by atoms with E-state index in [2.05, 4.69) is 15.2 Å². The predicted molar refractivity (Wildman–Crippen MR) is 78.8 cm³/mol. The molecular weight excluding hydrogens is 274 g/mol. The van der Waals surface area contributed by atoms with Crippen LogP contribution in [0.3, 0.4) is 0 Å². The van der Waals surface area contributed by atoms with Gasteiger partial charge in [0.25, 0.3) is 0 Å². The van der Waals surface area contributed by atoms with Crippen molar-refractivity contribution in [3.63, 3.8) is 0 Å². The minimum absolute atomic E-state index is 0.201. The third kappa shape index (κ3) is 2.05. The lowest BCUT2D eigenvalue weighted by atomic mass is 10.2. The number of pyridine rings is 1. The molecule has 0 unspecified atom stereocenters. The van der Waals surface area contributed by atoms with Crippen LogP contribution in [0, 0.1) is 0 Å². The summed E-state index contributed by atoms with van der Waals surface area (Å²) in [5.74, 6) is 0. The maximum atomic E-state index is 11.6. The van der Waals surface area contributed by atoms with E-state index in [1.807, 2.05) is 31.2 Å². The number of H-pyrrole nitrogens is 1. The Labute approximate surface area is 119 Å². The van der Waals surface area contributed by atoms with Crippen molar-refractivity contribution in [3.05, 3.63) is 40.9 Å². The topological polar surface area (TPSA) is 89.6 Å². The SMILES string of the molecule is CCn1c(Sc2ccc(N)c3ncccc23)n[nH]c1=O. The van der Waals surface area contributed by atoms with E-state index in [1.54, 1.807) is 10.8 Å². The zero-order valence-electron chi connectivity index (χ0n) is 10.8. The Morgan fingerprint density at radius 1 is 1.40 bits per heavy atom. The first kappa shape index (κ1) is 12.7. The highest BCUT2D eigenvalue weighted by Gasteiger charge is 2.11. The molecule has 0 amide bonds. The van der Waals surface area contributed by atoms with Crippen molar-refractivity contribution in [2.75, 3.05) is 5.73 Å². The second-order valence-electron chi connectivity index (χ2n) is 4.21. The van der Waals surface area contributed by atoms with Gasteiger partial charge in [-0.2, -0.15) is 0 Å². The van der Waals surface area contributed by atoms with Crippen LogP contribution in [0.4, 0.5) is 5.69 Å². The molecular formula is C13H13N5OS. The largest absolute Gasteiger partial charge is 0.397 e. The number of nitrogens with one attached hydrogen (secondary N) is 1. The number of aromatic nitrogens is 4. The van der Waals surface area contributed by atoms with E-state index in [-0.39, 0.29) is 5.69 Å². The standard InChI is InChI=1S/C13H13N5OS/c1-2-18-12(19)16-17-13(18)20-10-6-5-9(14)11-8(10)4-3-7-15-11/h3-7H,2,14H2,1H3,(H,16,19). The van der Waals surface area contributed by atoms with Crippen molar-refractivity contribution >= 4 is 28.4 Å². The molecule has 0 saturated carbocycles. The molecule has 2 aromatic heterocycles. The number of nitrogen functional groups attached to an aromatic ring is 1. The second kappa shape index (κ2) is 5.01. The van der Waals surface area contributed by atoms with Crippen LogP contribution in [0.25, 0.3) is 10.9 Å². The molecule has 102 valence electrons. The predicted octanol–water partition coefficient (Wildman–Crippen LogP) is 1.87. The summed E-state index contributed by atoms with van der Waals surface area (Å²) in [5, 5.41) is 8.10. The molecule has 6 nitrogen and oxygen atoms in total. The number of hydrogen-bond donors (Lipinski definition) is 2. The molecule has 0 aliphatic carbocycles. The van der Waals surface area contributed by atoms with E-state index in [9.17, 15) is 4.79 Å². The molecule has 0 aliphatic rings. The lowest BCUT2D eigenvalue weighted by Gasteiger charge is -2.07. The van der Waals surface area contributed by atoms with Gasteiger partial charge in [-0.1, -0.05) is 6.07 Å². The minimum Gasteiger partial charge on any atom is -0.397 e. The number of aromatic amines is 1. The number of anilines is 1. The number of nitrogens with two attached hydrogens (primary N) is 1. The molecule has 2 heterocycles. The maximum Gasteiger partial charge on any atom is 0.343 e. The van der Waals surface area contributed by atoms with E-state index < -0.39 is 0 Å². The van der Waals surface area contributed by atoms with Gasteiger partial charge in [-0.05, 0) is 36.9 Å². The van der Waals surface area contributed by atoms with E-state index in [0.717, 1.165) is 15.8 Å². The van der Waals surface area contributed by atoms with Crippen molar-refractivity contribution < 1.29 is 0 Å². The average Bonchev–Trinajstić information content (AvgIpc) is 2.82. The second-order valence-corrected chi connectivity index (χ2v) is 5.22. The summed E-state index contributed by atoms with van der Waals surface area (Å²) < 4.78 is 1.59. The number of fused-ring (bicyclic) bond motifs is 1. The summed E-state index contributed by atoms with van der Waals surface area (Å²) in [6, 6.07) is 7.56. The number of hydrogen-bond acceptors (Lipinski definition) is 5. The third-order valence-corrected chi connectivity index (χ3v) is 4.07. The molecule has 3 aromatic rings. The molecule has 0 radical (unpaired) electrons. The van der Waals surface area contributed by atoms with Gasteiger partial charge >= 0.3 is 5.69 Å². The van der Waals surface area contributed by atoms with E-state index in [4.69, 9.17) is 5.73 Å². The Kier molecular flexibility index (Phi) is 3.19. The Morgan fingerprint density at radius 3 is 3.05 bits per heavy atom. The normalized spacial score (nSPS) is 11.1. The van der Waals surface area contributed by atoms with Crippen LogP contribution >= 0.6 is 11.8 Å². The summed E-state index contributed by atoms with van der Waals surface area (Å²) in [4.78, 5) is 16.8. The lowest BCUT2D eigenvalue weighted by Crippen LogP contribution is -2.16. The van der Waals surface area contributed by atoms with Gasteiger partial charge in [0.05, 0.1) is 11.2 Å². The van der Waals surface area contributed by atoms with Crippen LogP contribution in [0.5, 0.6) is 0 Å². The zero-order valence-corrected chi connectivity index (χ0v) is 11.6. The molecule has 0 atom stereocenters. The zero-order chi connectivity index (χ0) is 14.1. The molecule has 0 saturated heterocycles. The van der Waals surface area contributed by atoms with E-state index in [0.29, 0.717) is 17.4 Å². The molecule has 1 aromatic carbocycles. The Bertz CT molecular complexity index is 823. The molecule has 7 heteroatoms. The van der Waals surface area contributed by atoms with Crippen LogP contribution in [-0.4, -0.2) is 19.7 Å². The van der Waals surface area contributed by atoms with E-state index in [1.165, 1.54) is 11.8 Å². The van der Waals surface area contributed by atoms with Crippen molar-refractivity contribution in [1.82, 2.24) is 19.7 Å². The fraction of sp³-hybridized carbons (Fsp3) is 0.154. The third-order valence-electron chi connectivity index (χ3n) is 3.00. The highest BCUT2D eigenvalue weighted by atomic mass is 32.2. The summed E-state index contributed by atoms with van der Waals surface area (Å²) in [6.07, 6.45) is 1.71. The fourth-order valence-electron chi connectivity index (χ4n) is 2.02. The summed E-state index contributed by atoms with van der Waals surface area (Å²) in [7, 11) is 0. The fourth-order valence-corrected chi connectivity index (χ4v) is 3.04. The number of nitrogens with zero attached hydrogens (tertiary/aromatic N) is 3. The molecule has 0 fully saturated rings. The van der Waals surface area contributed by atoms with Crippen molar-refractivity contribution in [3.8, 4) is 0 Å². The molecule has 20 heavy (non-hydrogen) atoms. The van der Waals surface area contributed by atoms with E-state index >= 15 is 0 Å². The molecule has 3 rings (SSSR count). The Hall–Kier alpha value is -2.28. The highest BCUT2D eigenvalue weighted by Crippen LogP contribution is 2.33. The van der Waals surface area contributed by atoms with Gasteiger partial charge in [0.1, 0.15) is 0 Å². The van der Waals surface area contributed by atoms with Crippen LogP contribution in [0.1, 0.15) is 6.92 Å². The van der Waals surface area contributed by atoms with Gasteiger partial charge in [0.15, 0.2) is 5.16 Å². The van der Waals surface area contributed by atoms with Crippen molar-refractivity contribution in [2.45, 2.75) is 23.5 Å². The summed E-state index contributed by atoms with van der Waals surface area (Å²) in [6.45, 7) is 2.48. The first-order chi connectivity index (χ1) is 9.70. The molecule has 0 spiro atoms. The number of rotatable bonds is 3. The van der Waals surface area contributed by atoms with Gasteiger partial charge < -0.3 is 5.73 Å². The average molecular weight is 287 g/mol. The van der Waals surface area contributed by atoms with Crippen molar-refractivity contribution in [1.29, 1.82) is 0 Å². The van der Waals surface area contributed by atoms with Gasteiger partial charge in [0.2, 0.25) is 0 Å². The maximum absolute atomic E-state index is 11.6. The number of benzene rings is 1. The van der Waals surface area contributed by atoms with Gasteiger partial charge in [0, 0.05) is 23.0 Å². The first-order valence-corrected chi connectivity index (χ1v) is 6.98. The minimum atomic E-state index is -0.201. The lowest BCUT2D eigenvalue weighted by molar-refractivity contribution is 0.660. The summed E-state index contributed by atoms with van der Waals surface area (Å²) >= 11 is 1.42. The quantitative estimate of drug-likeness (QED) is 0.718. The Balaban J connectivity index is 2.11. The van der Waals surface area contributed by atoms with Crippen LogP contribution < -0.4 is 11.4 Å². The van der Waals surface area contributed by atoms with Crippen LogP contribution in [0.2, 0.25) is 0 Å². The summed E-state index contributed by atoms with van der Waals surface area (Å²) in [5.41, 5.74) is 7.13. The van der Waals surface area contributed by atoms with Crippen molar-refractivity contribution in [2.24, 2.45) is 0 Å². The van der Waals surface area contributed by atoms with Gasteiger partial charge in [-0.25, -0.2) is 9.89 Å². The van der Waals surface area contributed by atoms with Gasteiger partial charge in [-0.15, -0.1) is 5.10 Å². The first-order valence-electron chi connectivity index (χ1n) is 6.17. The Morgan fingerprint density at radius 2 is 2.25 bits per heavy atom. The van der Waals surface area contributed by atoms with Crippen LogP contribution in [0.15, 0.2) is 45.3 Å². The molecule has 0 bridgehead atoms. The monoisotopic (exact) mass is 287 g/mol. The highest BCUT2D eigenvalue weighted by molar-refractivity contribution is 7.99.